The van der Waals surface area contributed by atoms with Crippen LogP contribution in [0.1, 0.15) is 32.6 Å². The fraction of sp³-hybridized carbons (Fsp3) is 0.778. The molecule has 0 radical (unpaired) electrons. The van der Waals surface area contributed by atoms with E-state index in [1.807, 2.05) is 0 Å². The number of hydrogen-bond acceptors (Lipinski definition) is 2. The van der Waals surface area contributed by atoms with Crippen molar-refractivity contribution in [2.45, 2.75) is 44.7 Å². The molecule has 5 heteroatoms. The van der Waals surface area contributed by atoms with Crippen LogP contribution < -0.4 is 16.4 Å². The summed E-state index contributed by atoms with van der Waals surface area (Å²) in [5, 5.41) is 5.55. The van der Waals surface area contributed by atoms with Gasteiger partial charge in [-0.1, -0.05) is 0 Å². The van der Waals surface area contributed by atoms with Crippen molar-refractivity contribution >= 4 is 11.9 Å². The molecule has 1 saturated carbocycles. The Morgan fingerprint density at radius 3 is 1.86 bits per heavy atom. The standard InChI is InChI=1S/C9H17N3O2/c1-6(13)11-7-2-4-8(5-3-7)12-9(10)14/h7-8H,2-5H2,1H3,(H,11,13)(H3,10,12,14). The minimum atomic E-state index is -0.465. The Bertz CT molecular complexity index is 198. The van der Waals surface area contributed by atoms with E-state index in [2.05, 4.69) is 10.6 Å². The lowest BCUT2D eigenvalue weighted by atomic mass is 9.91. The number of urea groups is 1. The van der Waals surface area contributed by atoms with Gasteiger partial charge in [0.2, 0.25) is 5.91 Å². The highest BCUT2D eigenvalue weighted by Gasteiger charge is 2.21. The summed E-state index contributed by atoms with van der Waals surface area (Å²) in [7, 11) is 0. The van der Waals surface area contributed by atoms with Gasteiger partial charge in [-0.05, 0) is 25.7 Å². The number of hydrogen-bond donors (Lipinski definition) is 3. The second-order valence-corrected chi connectivity index (χ2v) is 3.76. The van der Waals surface area contributed by atoms with Crippen LogP contribution in [0, 0.1) is 0 Å². The molecule has 0 aromatic carbocycles. The molecule has 0 aromatic heterocycles. The van der Waals surface area contributed by atoms with Gasteiger partial charge < -0.3 is 16.4 Å². The van der Waals surface area contributed by atoms with Gasteiger partial charge in [0.1, 0.15) is 0 Å². The Morgan fingerprint density at radius 1 is 1.07 bits per heavy atom. The van der Waals surface area contributed by atoms with Crippen molar-refractivity contribution in [1.29, 1.82) is 0 Å². The Balaban J connectivity index is 2.24. The lowest BCUT2D eigenvalue weighted by Crippen LogP contribution is -2.44. The Kier molecular flexibility index (Phi) is 3.73. The van der Waals surface area contributed by atoms with Gasteiger partial charge in [0, 0.05) is 19.0 Å². The molecule has 0 aliphatic heterocycles. The molecule has 0 heterocycles. The summed E-state index contributed by atoms with van der Waals surface area (Å²) < 4.78 is 0. The van der Waals surface area contributed by atoms with Gasteiger partial charge >= 0.3 is 6.03 Å². The summed E-state index contributed by atoms with van der Waals surface area (Å²) in [5.41, 5.74) is 5.02. The van der Waals surface area contributed by atoms with Crippen LogP contribution in [0.3, 0.4) is 0 Å². The number of nitrogens with two attached hydrogens (primary N) is 1. The second kappa shape index (κ2) is 4.83. The molecule has 1 aliphatic carbocycles. The highest BCUT2D eigenvalue weighted by molar-refractivity contribution is 5.73. The summed E-state index contributed by atoms with van der Waals surface area (Å²) in [5.74, 6) is 0.0105. The van der Waals surface area contributed by atoms with Crippen molar-refractivity contribution in [3.8, 4) is 0 Å². The summed E-state index contributed by atoms with van der Waals surface area (Å²) in [6, 6.07) is -0.0242. The molecule has 0 atom stereocenters. The van der Waals surface area contributed by atoms with Crippen LogP contribution >= 0.6 is 0 Å². The van der Waals surface area contributed by atoms with Gasteiger partial charge in [0.05, 0.1) is 0 Å². The first-order valence-electron chi connectivity index (χ1n) is 4.91. The third-order valence-electron chi connectivity index (χ3n) is 2.48. The number of carbonyl (C=O) groups excluding carboxylic acids is 2. The molecule has 0 aromatic rings. The van der Waals surface area contributed by atoms with Crippen LogP contribution in [0.2, 0.25) is 0 Å². The van der Waals surface area contributed by atoms with Gasteiger partial charge in [-0.15, -0.1) is 0 Å². The van der Waals surface area contributed by atoms with E-state index >= 15 is 0 Å². The van der Waals surface area contributed by atoms with E-state index in [0.29, 0.717) is 0 Å². The summed E-state index contributed by atoms with van der Waals surface area (Å²) in [6.45, 7) is 1.52. The van der Waals surface area contributed by atoms with Gasteiger partial charge in [-0.2, -0.15) is 0 Å². The fourth-order valence-electron chi connectivity index (χ4n) is 1.87. The van der Waals surface area contributed by atoms with Gasteiger partial charge in [0.15, 0.2) is 0 Å². The first-order valence-corrected chi connectivity index (χ1v) is 4.91. The zero-order valence-electron chi connectivity index (χ0n) is 8.38. The molecule has 0 saturated heterocycles. The first-order chi connectivity index (χ1) is 6.58. The minimum absolute atomic E-state index is 0.0105. The van der Waals surface area contributed by atoms with Gasteiger partial charge in [-0.3, -0.25) is 4.79 Å². The topological polar surface area (TPSA) is 84.2 Å². The van der Waals surface area contributed by atoms with E-state index in [1.165, 1.54) is 6.92 Å². The van der Waals surface area contributed by atoms with Crippen LogP contribution in [0.4, 0.5) is 4.79 Å². The summed E-state index contributed by atoms with van der Waals surface area (Å²) in [6.07, 6.45) is 3.58. The minimum Gasteiger partial charge on any atom is -0.354 e. The predicted octanol–water partition coefficient (Wildman–Crippen LogP) is 0.102. The maximum absolute atomic E-state index is 10.8. The Labute approximate surface area is 83.4 Å². The largest absolute Gasteiger partial charge is 0.354 e. The Morgan fingerprint density at radius 2 is 1.50 bits per heavy atom. The molecule has 1 fully saturated rings. The first kappa shape index (κ1) is 10.8. The van der Waals surface area contributed by atoms with Crippen molar-refractivity contribution in [3.05, 3.63) is 0 Å². The van der Waals surface area contributed by atoms with E-state index in [0.717, 1.165) is 25.7 Å². The number of primary amides is 1. The van der Waals surface area contributed by atoms with Crippen molar-refractivity contribution in [2.24, 2.45) is 5.73 Å². The van der Waals surface area contributed by atoms with E-state index in [9.17, 15) is 9.59 Å². The quantitative estimate of drug-likeness (QED) is 0.589. The van der Waals surface area contributed by atoms with Crippen molar-refractivity contribution < 1.29 is 9.59 Å². The zero-order chi connectivity index (χ0) is 10.6. The maximum Gasteiger partial charge on any atom is 0.312 e. The number of carbonyl (C=O) groups is 2. The highest BCUT2D eigenvalue weighted by atomic mass is 16.2. The average molecular weight is 199 g/mol. The average Bonchev–Trinajstić information content (AvgIpc) is 2.06. The number of nitrogens with one attached hydrogen (secondary N) is 2. The lowest BCUT2D eigenvalue weighted by molar-refractivity contribution is -0.119. The summed E-state index contributed by atoms with van der Waals surface area (Å²) in [4.78, 5) is 21.3. The van der Waals surface area contributed by atoms with Gasteiger partial charge in [0.25, 0.3) is 0 Å². The molecule has 0 bridgehead atoms. The third kappa shape index (κ3) is 3.64. The molecular formula is C9H17N3O2. The molecule has 14 heavy (non-hydrogen) atoms. The van der Waals surface area contributed by atoms with Crippen LogP contribution in [-0.4, -0.2) is 24.0 Å². The Hall–Kier alpha value is -1.26. The monoisotopic (exact) mass is 199 g/mol. The third-order valence-corrected chi connectivity index (χ3v) is 2.48. The maximum atomic E-state index is 10.8. The normalized spacial score (nSPS) is 26.6. The lowest BCUT2D eigenvalue weighted by Gasteiger charge is -2.28. The molecule has 80 valence electrons. The molecule has 1 rings (SSSR count). The van der Waals surface area contributed by atoms with E-state index < -0.39 is 6.03 Å². The predicted molar refractivity (Wildman–Crippen MR) is 52.6 cm³/mol. The van der Waals surface area contributed by atoms with Crippen LogP contribution in [-0.2, 0) is 4.79 Å². The molecule has 4 N–H and O–H groups in total. The van der Waals surface area contributed by atoms with Crippen molar-refractivity contribution in [1.82, 2.24) is 10.6 Å². The van der Waals surface area contributed by atoms with Crippen molar-refractivity contribution in [3.63, 3.8) is 0 Å². The molecule has 3 amide bonds. The van der Waals surface area contributed by atoms with Crippen LogP contribution in [0.25, 0.3) is 0 Å². The number of rotatable bonds is 2. The molecule has 0 unspecified atom stereocenters. The molecular weight excluding hydrogens is 182 g/mol. The highest BCUT2D eigenvalue weighted by Crippen LogP contribution is 2.18. The van der Waals surface area contributed by atoms with E-state index in [1.54, 1.807) is 0 Å². The fourth-order valence-corrected chi connectivity index (χ4v) is 1.87. The van der Waals surface area contributed by atoms with Gasteiger partial charge in [-0.25, -0.2) is 4.79 Å². The second-order valence-electron chi connectivity index (χ2n) is 3.76. The SMILES string of the molecule is CC(=O)NC1CCC(NC(N)=O)CC1. The van der Waals surface area contributed by atoms with E-state index in [4.69, 9.17) is 5.73 Å². The van der Waals surface area contributed by atoms with E-state index in [-0.39, 0.29) is 18.0 Å². The smallest absolute Gasteiger partial charge is 0.312 e. The summed E-state index contributed by atoms with van der Waals surface area (Å²) >= 11 is 0. The molecule has 0 spiro atoms. The van der Waals surface area contributed by atoms with Crippen LogP contribution in [0.15, 0.2) is 0 Å². The van der Waals surface area contributed by atoms with Crippen LogP contribution in [0.5, 0.6) is 0 Å². The molecule has 5 nitrogen and oxygen atoms in total. The zero-order valence-corrected chi connectivity index (χ0v) is 8.38. The van der Waals surface area contributed by atoms with Crippen molar-refractivity contribution in [2.75, 3.05) is 0 Å². The number of amides is 3. The molecule has 1 aliphatic rings.